The number of rotatable bonds is 10. The predicted molar refractivity (Wildman–Crippen MR) is 115 cm³/mol. The molecule has 0 heterocycles. The lowest BCUT2D eigenvalue weighted by Crippen LogP contribution is -2.37. The van der Waals surface area contributed by atoms with Crippen molar-refractivity contribution in [2.75, 3.05) is 41.5 Å². The van der Waals surface area contributed by atoms with Crippen LogP contribution in [0.15, 0.2) is 36.4 Å². The van der Waals surface area contributed by atoms with E-state index in [2.05, 4.69) is 10.6 Å². The standard InChI is InChI=1S/C21H28N2O4S/c1-24-17-11-16(12-18(14-17)25-2)8-10-23-21(28)22-9-7-15-5-6-19(26-3)20(13-15)27-4/h5-6,11-14H,7-10H2,1-4H3,(H2,22,23,28). The third-order valence-corrected chi connectivity index (χ3v) is 4.55. The molecule has 2 rings (SSSR count). The lowest BCUT2D eigenvalue weighted by molar-refractivity contribution is 0.354. The van der Waals surface area contributed by atoms with E-state index in [0.29, 0.717) is 5.11 Å². The summed E-state index contributed by atoms with van der Waals surface area (Å²) in [5.41, 5.74) is 2.27. The maximum absolute atomic E-state index is 5.35. The molecule has 7 heteroatoms. The van der Waals surface area contributed by atoms with Gasteiger partial charge in [-0.1, -0.05) is 6.07 Å². The van der Waals surface area contributed by atoms with Crippen molar-refractivity contribution < 1.29 is 18.9 Å². The molecule has 0 amide bonds. The molecule has 0 spiro atoms. The summed E-state index contributed by atoms with van der Waals surface area (Å²) in [6.45, 7) is 1.45. The maximum Gasteiger partial charge on any atom is 0.166 e. The average molecular weight is 405 g/mol. The summed E-state index contributed by atoms with van der Waals surface area (Å²) in [5, 5.41) is 7.09. The first-order valence-electron chi connectivity index (χ1n) is 9.04. The van der Waals surface area contributed by atoms with E-state index >= 15 is 0 Å². The fraction of sp³-hybridized carbons (Fsp3) is 0.381. The molecule has 2 N–H and O–H groups in total. The number of hydrogen-bond donors (Lipinski definition) is 2. The topological polar surface area (TPSA) is 61.0 Å². The van der Waals surface area contributed by atoms with Crippen molar-refractivity contribution in [2.24, 2.45) is 0 Å². The largest absolute Gasteiger partial charge is 0.497 e. The van der Waals surface area contributed by atoms with Gasteiger partial charge in [-0.2, -0.15) is 0 Å². The summed E-state index contributed by atoms with van der Waals surface area (Å²) >= 11 is 5.35. The summed E-state index contributed by atoms with van der Waals surface area (Å²) < 4.78 is 21.2. The van der Waals surface area contributed by atoms with Gasteiger partial charge in [0.1, 0.15) is 11.5 Å². The normalized spacial score (nSPS) is 10.1. The van der Waals surface area contributed by atoms with Gasteiger partial charge in [0.25, 0.3) is 0 Å². The van der Waals surface area contributed by atoms with Crippen LogP contribution in [0, 0.1) is 0 Å². The van der Waals surface area contributed by atoms with Gasteiger partial charge in [0.2, 0.25) is 0 Å². The van der Waals surface area contributed by atoms with E-state index in [4.69, 9.17) is 31.2 Å². The van der Waals surface area contributed by atoms with Gasteiger partial charge in [-0.3, -0.25) is 0 Å². The molecule has 0 unspecified atom stereocenters. The quantitative estimate of drug-likeness (QED) is 0.591. The van der Waals surface area contributed by atoms with Crippen molar-refractivity contribution in [2.45, 2.75) is 12.8 Å². The molecule has 2 aromatic rings. The van der Waals surface area contributed by atoms with E-state index in [-0.39, 0.29) is 0 Å². The zero-order valence-electron chi connectivity index (χ0n) is 16.8. The fourth-order valence-corrected chi connectivity index (χ4v) is 2.95. The third-order valence-electron chi connectivity index (χ3n) is 4.26. The minimum Gasteiger partial charge on any atom is -0.497 e. The molecule has 0 bridgehead atoms. The predicted octanol–water partition coefficient (Wildman–Crippen LogP) is 2.97. The minimum atomic E-state index is 0.635. The van der Waals surface area contributed by atoms with Crippen LogP contribution < -0.4 is 29.6 Å². The molecule has 0 aliphatic rings. The molecular formula is C21H28N2O4S. The molecular weight excluding hydrogens is 376 g/mol. The van der Waals surface area contributed by atoms with Crippen LogP contribution in [0.2, 0.25) is 0 Å². The van der Waals surface area contributed by atoms with Crippen LogP contribution in [0.1, 0.15) is 11.1 Å². The Hall–Kier alpha value is -2.67. The van der Waals surface area contributed by atoms with E-state index in [9.17, 15) is 0 Å². The van der Waals surface area contributed by atoms with Crippen molar-refractivity contribution in [3.05, 3.63) is 47.5 Å². The molecule has 0 saturated heterocycles. The SMILES string of the molecule is COc1cc(CCNC(=S)NCCc2ccc(OC)c(OC)c2)cc(OC)c1. The lowest BCUT2D eigenvalue weighted by Gasteiger charge is -2.13. The zero-order valence-corrected chi connectivity index (χ0v) is 17.7. The van der Waals surface area contributed by atoms with Crippen LogP contribution in [-0.2, 0) is 12.8 Å². The molecule has 0 aliphatic carbocycles. The van der Waals surface area contributed by atoms with Crippen LogP contribution in [0.5, 0.6) is 23.0 Å². The Labute approximate surface area is 172 Å². The monoisotopic (exact) mass is 404 g/mol. The second-order valence-electron chi connectivity index (χ2n) is 6.09. The van der Waals surface area contributed by atoms with Crippen molar-refractivity contribution in [1.29, 1.82) is 0 Å². The van der Waals surface area contributed by atoms with Crippen LogP contribution >= 0.6 is 12.2 Å². The van der Waals surface area contributed by atoms with Crippen molar-refractivity contribution in [3.8, 4) is 23.0 Å². The van der Waals surface area contributed by atoms with E-state index in [0.717, 1.165) is 60.1 Å². The first-order valence-corrected chi connectivity index (χ1v) is 9.45. The van der Waals surface area contributed by atoms with Gasteiger partial charge >= 0.3 is 0 Å². The second kappa shape index (κ2) is 11.2. The number of methoxy groups -OCH3 is 4. The highest BCUT2D eigenvalue weighted by atomic mass is 32.1. The fourth-order valence-electron chi connectivity index (χ4n) is 2.75. The molecule has 0 radical (unpaired) electrons. The van der Waals surface area contributed by atoms with Gasteiger partial charge in [0, 0.05) is 19.2 Å². The Bertz CT molecular complexity index is 761. The van der Waals surface area contributed by atoms with E-state index < -0.39 is 0 Å². The zero-order chi connectivity index (χ0) is 20.4. The highest BCUT2D eigenvalue weighted by Crippen LogP contribution is 2.27. The Morgan fingerprint density at radius 1 is 0.714 bits per heavy atom. The summed E-state index contributed by atoms with van der Waals surface area (Å²) in [6.07, 6.45) is 1.64. The van der Waals surface area contributed by atoms with E-state index in [1.807, 2.05) is 36.4 Å². The Kier molecular flexibility index (Phi) is 8.68. The number of nitrogens with one attached hydrogen (secondary N) is 2. The third kappa shape index (κ3) is 6.49. The molecule has 0 aliphatic heterocycles. The van der Waals surface area contributed by atoms with Gasteiger partial charge in [0.15, 0.2) is 16.6 Å². The second-order valence-corrected chi connectivity index (χ2v) is 6.50. The van der Waals surface area contributed by atoms with Gasteiger partial charge < -0.3 is 29.6 Å². The molecule has 152 valence electrons. The summed E-state index contributed by atoms with van der Waals surface area (Å²) in [5.74, 6) is 3.02. The Morgan fingerprint density at radius 3 is 1.82 bits per heavy atom. The minimum absolute atomic E-state index is 0.635. The molecule has 28 heavy (non-hydrogen) atoms. The van der Waals surface area contributed by atoms with E-state index in [1.165, 1.54) is 0 Å². The van der Waals surface area contributed by atoms with Gasteiger partial charge in [-0.25, -0.2) is 0 Å². The summed E-state index contributed by atoms with van der Waals surface area (Å²) in [7, 11) is 6.56. The van der Waals surface area contributed by atoms with Crippen molar-refractivity contribution >= 4 is 17.3 Å². The maximum atomic E-state index is 5.35. The average Bonchev–Trinajstić information content (AvgIpc) is 2.73. The van der Waals surface area contributed by atoms with Gasteiger partial charge in [0.05, 0.1) is 28.4 Å². The molecule has 0 aromatic heterocycles. The van der Waals surface area contributed by atoms with Gasteiger partial charge in [-0.05, 0) is 60.5 Å². The number of hydrogen-bond acceptors (Lipinski definition) is 5. The molecule has 0 saturated carbocycles. The first-order chi connectivity index (χ1) is 13.6. The van der Waals surface area contributed by atoms with E-state index in [1.54, 1.807) is 28.4 Å². The van der Waals surface area contributed by atoms with Crippen LogP contribution in [0.25, 0.3) is 0 Å². The Balaban J connectivity index is 1.75. The highest BCUT2D eigenvalue weighted by molar-refractivity contribution is 7.80. The van der Waals surface area contributed by atoms with Crippen molar-refractivity contribution in [1.82, 2.24) is 10.6 Å². The highest BCUT2D eigenvalue weighted by Gasteiger charge is 2.05. The van der Waals surface area contributed by atoms with Crippen LogP contribution in [0.3, 0.4) is 0 Å². The van der Waals surface area contributed by atoms with Crippen LogP contribution in [0.4, 0.5) is 0 Å². The Morgan fingerprint density at radius 2 is 1.29 bits per heavy atom. The number of benzene rings is 2. The molecule has 0 atom stereocenters. The van der Waals surface area contributed by atoms with Gasteiger partial charge in [-0.15, -0.1) is 0 Å². The molecule has 2 aromatic carbocycles. The summed E-state index contributed by atoms with van der Waals surface area (Å²) in [4.78, 5) is 0. The molecule has 0 fully saturated rings. The summed E-state index contributed by atoms with van der Waals surface area (Å²) in [6, 6.07) is 11.8. The smallest absolute Gasteiger partial charge is 0.166 e. The molecule has 6 nitrogen and oxygen atoms in total. The van der Waals surface area contributed by atoms with Crippen LogP contribution in [-0.4, -0.2) is 46.6 Å². The first kappa shape index (κ1) is 21.6. The lowest BCUT2D eigenvalue weighted by atomic mass is 10.1. The van der Waals surface area contributed by atoms with Crippen molar-refractivity contribution in [3.63, 3.8) is 0 Å². The number of ether oxygens (including phenoxy) is 4. The number of thiocarbonyl (C=S) groups is 1.